The fraction of sp³-hybridized carbons (Fsp3) is 0. The Bertz CT molecular complexity index is 1450. The zero-order chi connectivity index (χ0) is 22.8. The molecular formula is C26H17Cl2N3O2. The first-order chi connectivity index (χ1) is 16.0. The van der Waals surface area contributed by atoms with E-state index in [1.54, 1.807) is 36.4 Å². The van der Waals surface area contributed by atoms with Gasteiger partial charge in [-0.25, -0.2) is 4.98 Å². The van der Waals surface area contributed by atoms with E-state index >= 15 is 0 Å². The van der Waals surface area contributed by atoms with Crippen molar-refractivity contribution < 1.29 is 9.21 Å². The topological polar surface area (TPSA) is 70.9 Å². The summed E-state index contributed by atoms with van der Waals surface area (Å²) < 4.78 is 5.78. The molecule has 0 fully saturated rings. The van der Waals surface area contributed by atoms with Crippen LogP contribution < -0.4 is 5.32 Å². The van der Waals surface area contributed by atoms with Gasteiger partial charge in [0, 0.05) is 27.9 Å². The number of amides is 1. The van der Waals surface area contributed by atoms with Crippen LogP contribution >= 0.6 is 23.2 Å². The SMILES string of the molecule is O=C(C=Cc1ccc(-c2ccc(Cl)cc2Cl)o1)Nc1ccc(-c2nc3ccccc3[nH]2)cc1. The van der Waals surface area contributed by atoms with Crippen LogP contribution in [-0.2, 0) is 4.79 Å². The number of para-hydroxylation sites is 2. The second-order valence-electron chi connectivity index (χ2n) is 7.33. The van der Waals surface area contributed by atoms with Crippen molar-refractivity contribution in [1.29, 1.82) is 0 Å². The summed E-state index contributed by atoms with van der Waals surface area (Å²) in [5.74, 6) is 1.64. The van der Waals surface area contributed by atoms with Crippen molar-refractivity contribution in [2.24, 2.45) is 0 Å². The van der Waals surface area contributed by atoms with E-state index in [4.69, 9.17) is 27.6 Å². The molecule has 2 N–H and O–H groups in total. The number of H-pyrrole nitrogens is 1. The van der Waals surface area contributed by atoms with Crippen LogP contribution in [0.4, 0.5) is 5.69 Å². The number of nitrogens with one attached hydrogen (secondary N) is 2. The molecule has 5 nitrogen and oxygen atoms in total. The summed E-state index contributed by atoms with van der Waals surface area (Å²) in [6.45, 7) is 0. The number of carbonyl (C=O) groups is 1. The molecule has 0 radical (unpaired) electrons. The van der Waals surface area contributed by atoms with Crippen LogP contribution in [-0.4, -0.2) is 15.9 Å². The van der Waals surface area contributed by atoms with E-state index in [1.165, 1.54) is 6.08 Å². The summed E-state index contributed by atoms with van der Waals surface area (Å²) in [5, 5.41) is 3.89. The summed E-state index contributed by atoms with van der Waals surface area (Å²) >= 11 is 12.2. The van der Waals surface area contributed by atoms with Crippen molar-refractivity contribution in [3.8, 4) is 22.7 Å². The fourth-order valence-electron chi connectivity index (χ4n) is 3.42. The Morgan fingerprint density at radius 1 is 0.970 bits per heavy atom. The molecule has 1 amide bonds. The molecule has 0 atom stereocenters. The van der Waals surface area contributed by atoms with E-state index in [-0.39, 0.29) is 5.91 Å². The van der Waals surface area contributed by atoms with E-state index in [9.17, 15) is 4.79 Å². The predicted molar refractivity (Wildman–Crippen MR) is 133 cm³/mol. The Morgan fingerprint density at radius 2 is 1.79 bits per heavy atom. The molecule has 33 heavy (non-hydrogen) atoms. The Kier molecular flexibility index (Phi) is 5.73. The number of furan rings is 1. The zero-order valence-corrected chi connectivity index (χ0v) is 18.7. The molecule has 0 saturated carbocycles. The number of aromatic nitrogens is 2. The third-order valence-corrected chi connectivity index (χ3v) is 5.59. The summed E-state index contributed by atoms with van der Waals surface area (Å²) in [5.41, 5.74) is 4.24. The fourth-order valence-corrected chi connectivity index (χ4v) is 3.92. The third-order valence-electron chi connectivity index (χ3n) is 5.04. The molecule has 0 aliphatic rings. The highest BCUT2D eigenvalue weighted by Crippen LogP contribution is 2.31. The summed E-state index contributed by atoms with van der Waals surface area (Å²) in [4.78, 5) is 20.2. The molecule has 3 aromatic carbocycles. The number of benzene rings is 3. The molecule has 0 spiro atoms. The normalized spacial score (nSPS) is 11.3. The number of fused-ring (bicyclic) bond motifs is 1. The monoisotopic (exact) mass is 473 g/mol. The van der Waals surface area contributed by atoms with Crippen molar-refractivity contribution >= 4 is 51.9 Å². The molecular weight excluding hydrogens is 457 g/mol. The van der Waals surface area contributed by atoms with Gasteiger partial charge in [0.25, 0.3) is 0 Å². The summed E-state index contributed by atoms with van der Waals surface area (Å²) in [6.07, 6.45) is 3.02. The van der Waals surface area contributed by atoms with Gasteiger partial charge >= 0.3 is 0 Å². The lowest BCUT2D eigenvalue weighted by Crippen LogP contribution is -2.07. The summed E-state index contributed by atoms with van der Waals surface area (Å²) in [6, 6.07) is 24.1. The van der Waals surface area contributed by atoms with Crippen LogP contribution in [0.1, 0.15) is 5.76 Å². The number of anilines is 1. The summed E-state index contributed by atoms with van der Waals surface area (Å²) in [7, 11) is 0. The number of nitrogens with zero attached hydrogens (tertiary/aromatic N) is 1. The Hall–Kier alpha value is -3.80. The molecule has 0 bridgehead atoms. The minimum Gasteiger partial charge on any atom is -0.457 e. The van der Waals surface area contributed by atoms with Crippen LogP contribution in [0.3, 0.4) is 0 Å². The average Bonchev–Trinajstić information content (AvgIpc) is 3.45. The minimum absolute atomic E-state index is 0.269. The highest BCUT2D eigenvalue weighted by molar-refractivity contribution is 6.36. The van der Waals surface area contributed by atoms with Gasteiger partial charge in [-0.2, -0.15) is 0 Å². The molecule has 162 valence electrons. The maximum absolute atomic E-state index is 12.3. The van der Waals surface area contributed by atoms with Crippen LogP contribution in [0, 0.1) is 0 Å². The van der Waals surface area contributed by atoms with Gasteiger partial charge in [-0.05, 0) is 72.8 Å². The number of aromatic amines is 1. The van der Waals surface area contributed by atoms with Crippen LogP contribution in [0.15, 0.2) is 89.4 Å². The van der Waals surface area contributed by atoms with Crippen molar-refractivity contribution in [1.82, 2.24) is 9.97 Å². The molecule has 5 rings (SSSR count). The molecule has 0 aliphatic carbocycles. The molecule has 0 saturated heterocycles. The smallest absolute Gasteiger partial charge is 0.248 e. The van der Waals surface area contributed by atoms with Crippen molar-refractivity contribution in [3.05, 3.63) is 101 Å². The van der Waals surface area contributed by atoms with Crippen molar-refractivity contribution in [3.63, 3.8) is 0 Å². The first-order valence-corrected chi connectivity index (χ1v) is 10.9. The zero-order valence-electron chi connectivity index (χ0n) is 17.2. The largest absolute Gasteiger partial charge is 0.457 e. The van der Waals surface area contributed by atoms with E-state index < -0.39 is 0 Å². The highest BCUT2D eigenvalue weighted by Gasteiger charge is 2.09. The Morgan fingerprint density at radius 3 is 2.58 bits per heavy atom. The molecule has 7 heteroatoms. The number of rotatable bonds is 5. The second kappa shape index (κ2) is 8.98. The Balaban J connectivity index is 1.24. The van der Waals surface area contributed by atoms with Gasteiger partial charge < -0.3 is 14.7 Å². The quantitative estimate of drug-likeness (QED) is 0.260. The number of carbonyl (C=O) groups excluding carboxylic acids is 1. The van der Waals surface area contributed by atoms with E-state index in [0.29, 0.717) is 27.3 Å². The number of halogens is 2. The molecule has 2 heterocycles. The Labute approximate surface area is 199 Å². The molecule has 0 aliphatic heterocycles. The van der Waals surface area contributed by atoms with E-state index in [2.05, 4.69) is 15.3 Å². The van der Waals surface area contributed by atoms with Gasteiger partial charge in [-0.1, -0.05) is 35.3 Å². The molecule has 5 aromatic rings. The van der Waals surface area contributed by atoms with E-state index in [1.807, 2.05) is 48.5 Å². The van der Waals surface area contributed by atoms with Gasteiger partial charge in [-0.3, -0.25) is 4.79 Å². The van der Waals surface area contributed by atoms with Gasteiger partial charge in [0.2, 0.25) is 5.91 Å². The highest BCUT2D eigenvalue weighted by atomic mass is 35.5. The lowest BCUT2D eigenvalue weighted by molar-refractivity contribution is -0.111. The maximum Gasteiger partial charge on any atom is 0.248 e. The lowest BCUT2D eigenvalue weighted by atomic mass is 10.2. The van der Waals surface area contributed by atoms with Crippen molar-refractivity contribution in [2.75, 3.05) is 5.32 Å². The first kappa shape index (κ1) is 21.1. The second-order valence-corrected chi connectivity index (χ2v) is 8.17. The maximum atomic E-state index is 12.3. The lowest BCUT2D eigenvalue weighted by Gasteiger charge is -2.03. The van der Waals surface area contributed by atoms with Crippen LogP contribution in [0.25, 0.3) is 39.8 Å². The number of imidazole rings is 1. The standard InChI is InChI=1S/C26H17Cl2N3O2/c27-17-7-12-20(21(28)15-17)24-13-10-19(33-24)11-14-25(32)29-18-8-5-16(6-9-18)26-30-22-3-1-2-4-23(22)31-26/h1-15H,(H,29,32)(H,30,31). The van der Waals surface area contributed by atoms with Gasteiger partial charge in [0.15, 0.2) is 0 Å². The van der Waals surface area contributed by atoms with Gasteiger partial charge in [0.05, 0.1) is 16.1 Å². The molecule has 2 aromatic heterocycles. The van der Waals surface area contributed by atoms with E-state index in [0.717, 1.165) is 28.0 Å². The van der Waals surface area contributed by atoms with Crippen molar-refractivity contribution in [2.45, 2.75) is 0 Å². The third kappa shape index (κ3) is 4.70. The number of hydrogen-bond acceptors (Lipinski definition) is 3. The first-order valence-electron chi connectivity index (χ1n) is 10.1. The molecule has 0 unspecified atom stereocenters. The van der Waals surface area contributed by atoms with Crippen LogP contribution in [0.2, 0.25) is 10.0 Å². The number of hydrogen-bond donors (Lipinski definition) is 2. The van der Waals surface area contributed by atoms with Crippen LogP contribution in [0.5, 0.6) is 0 Å². The van der Waals surface area contributed by atoms with Gasteiger partial charge in [-0.15, -0.1) is 0 Å². The predicted octanol–water partition coefficient (Wildman–Crippen LogP) is 7.45. The minimum atomic E-state index is -0.269. The van der Waals surface area contributed by atoms with Gasteiger partial charge in [0.1, 0.15) is 17.3 Å². The average molecular weight is 474 g/mol.